The number of aromatic nitrogens is 1. The van der Waals surface area contributed by atoms with Gasteiger partial charge in [0.2, 0.25) is 11.8 Å². The molecule has 120 valence electrons. The number of hydrogen-bond acceptors (Lipinski definition) is 3. The van der Waals surface area contributed by atoms with E-state index >= 15 is 0 Å². The Hall–Kier alpha value is -2.21. The minimum atomic E-state index is -0.0993. The largest absolute Gasteiger partial charge is 0.355 e. The summed E-state index contributed by atoms with van der Waals surface area (Å²) in [6, 6.07) is 11.3. The summed E-state index contributed by atoms with van der Waals surface area (Å²) in [4.78, 5) is 27.5. The van der Waals surface area contributed by atoms with Gasteiger partial charge in [0.05, 0.1) is 6.42 Å². The average molecular weight is 376 g/mol. The van der Waals surface area contributed by atoms with E-state index in [9.17, 15) is 9.59 Å². The van der Waals surface area contributed by atoms with Gasteiger partial charge >= 0.3 is 0 Å². The highest BCUT2D eigenvalue weighted by atomic mass is 79.9. The molecule has 0 aliphatic heterocycles. The smallest absolute Gasteiger partial charge is 0.224 e. The van der Waals surface area contributed by atoms with Gasteiger partial charge < -0.3 is 10.6 Å². The molecule has 0 fully saturated rings. The number of nitrogens with one attached hydrogen (secondary N) is 2. The van der Waals surface area contributed by atoms with E-state index in [1.54, 1.807) is 12.4 Å². The normalized spacial score (nSPS) is 10.1. The quantitative estimate of drug-likeness (QED) is 0.779. The highest BCUT2D eigenvalue weighted by Gasteiger charge is 2.05. The van der Waals surface area contributed by atoms with Crippen LogP contribution in [0.1, 0.15) is 17.5 Å². The summed E-state index contributed by atoms with van der Waals surface area (Å²) in [5, 5.41) is 5.54. The van der Waals surface area contributed by atoms with Gasteiger partial charge in [-0.2, -0.15) is 0 Å². The molecule has 0 spiro atoms. The van der Waals surface area contributed by atoms with Gasteiger partial charge in [0.1, 0.15) is 0 Å². The van der Waals surface area contributed by atoms with Crippen LogP contribution < -0.4 is 10.6 Å². The third-order valence-electron chi connectivity index (χ3n) is 3.16. The van der Waals surface area contributed by atoms with Crippen molar-refractivity contribution in [3.63, 3.8) is 0 Å². The number of amides is 2. The summed E-state index contributed by atoms with van der Waals surface area (Å²) < 4.78 is 0.979. The van der Waals surface area contributed by atoms with Crippen molar-refractivity contribution in [2.75, 3.05) is 6.54 Å². The lowest BCUT2D eigenvalue weighted by molar-refractivity contribution is -0.122. The predicted molar refractivity (Wildman–Crippen MR) is 91.6 cm³/mol. The topological polar surface area (TPSA) is 71.1 Å². The third-order valence-corrected chi connectivity index (χ3v) is 3.69. The molecule has 0 atom stereocenters. The number of rotatable bonds is 7. The van der Waals surface area contributed by atoms with Gasteiger partial charge in [-0.3, -0.25) is 14.6 Å². The standard InChI is InChI=1S/C17H18BrN3O2/c18-15-5-3-13(4-6-15)10-17(23)20-9-7-16(22)21-12-14-2-1-8-19-11-14/h1-6,8,11H,7,9-10,12H2,(H,20,23)(H,21,22). The van der Waals surface area contributed by atoms with Crippen LogP contribution in [0, 0.1) is 0 Å². The second-order valence-corrected chi connectivity index (χ2v) is 5.96. The van der Waals surface area contributed by atoms with Crippen molar-refractivity contribution in [1.82, 2.24) is 15.6 Å². The van der Waals surface area contributed by atoms with E-state index in [1.807, 2.05) is 36.4 Å². The van der Waals surface area contributed by atoms with E-state index in [-0.39, 0.29) is 18.2 Å². The zero-order chi connectivity index (χ0) is 16.5. The Morgan fingerprint density at radius 3 is 2.48 bits per heavy atom. The fourth-order valence-corrected chi connectivity index (χ4v) is 2.22. The van der Waals surface area contributed by atoms with Gasteiger partial charge in [0.25, 0.3) is 0 Å². The molecule has 1 aromatic carbocycles. The van der Waals surface area contributed by atoms with Crippen molar-refractivity contribution in [3.05, 3.63) is 64.4 Å². The van der Waals surface area contributed by atoms with Crippen molar-refractivity contribution in [1.29, 1.82) is 0 Å². The van der Waals surface area contributed by atoms with Gasteiger partial charge in [0, 0.05) is 36.4 Å². The molecule has 0 unspecified atom stereocenters. The van der Waals surface area contributed by atoms with E-state index in [4.69, 9.17) is 0 Å². The van der Waals surface area contributed by atoms with Crippen LogP contribution in [-0.4, -0.2) is 23.3 Å². The maximum Gasteiger partial charge on any atom is 0.224 e. The number of benzene rings is 1. The summed E-state index contributed by atoms with van der Waals surface area (Å²) in [6.45, 7) is 0.772. The summed E-state index contributed by atoms with van der Waals surface area (Å²) in [7, 11) is 0. The molecule has 2 aromatic rings. The molecule has 0 aliphatic carbocycles. The van der Waals surface area contributed by atoms with Gasteiger partial charge in [-0.05, 0) is 29.3 Å². The van der Waals surface area contributed by atoms with Crippen LogP contribution >= 0.6 is 15.9 Å². The van der Waals surface area contributed by atoms with Gasteiger partial charge in [0.15, 0.2) is 0 Å². The molecular weight excluding hydrogens is 358 g/mol. The van der Waals surface area contributed by atoms with E-state index in [1.165, 1.54) is 0 Å². The number of hydrogen-bond donors (Lipinski definition) is 2. The molecule has 2 rings (SSSR count). The summed E-state index contributed by atoms with van der Waals surface area (Å²) in [5.41, 5.74) is 1.88. The van der Waals surface area contributed by atoms with Gasteiger partial charge in [-0.25, -0.2) is 0 Å². The fraction of sp³-hybridized carbons (Fsp3) is 0.235. The zero-order valence-electron chi connectivity index (χ0n) is 12.6. The van der Waals surface area contributed by atoms with E-state index in [2.05, 4.69) is 31.5 Å². The Balaban J connectivity index is 1.63. The molecule has 1 aromatic heterocycles. The zero-order valence-corrected chi connectivity index (χ0v) is 14.2. The Morgan fingerprint density at radius 2 is 1.78 bits per heavy atom. The third kappa shape index (κ3) is 6.61. The fourth-order valence-electron chi connectivity index (χ4n) is 1.96. The Labute approximate surface area is 143 Å². The first-order valence-electron chi connectivity index (χ1n) is 7.30. The van der Waals surface area contributed by atoms with Crippen LogP contribution in [0.2, 0.25) is 0 Å². The minimum Gasteiger partial charge on any atom is -0.355 e. The lowest BCUT2D eigenvalue weighted by Crippen LogP contribution is -2.31. The molecule has 2 N–H and O–H groups in total. The highest BCUT2D eigenvalue weighted by Crippen LogP contribution is 2.10. The number of carbonyl (C=O) groups excluding carboxylic acids is 2. The van der Waals surface area contributed by atoms with Gasteiger partial charge in [-0.15, -0.1) is 0 Å². The van der Waals surface area contributed by atoms with Crippen LogP contribution in [-0.2, 0) is 22.6 Å². The van der Waals surface area contributed by atoms with Gasteiger partial charge in [-0.1, -0.05) is 34.1 Å². The first-order chi connectivity index (χ1) is 11.1. The Morgan fingerprint density at radius 1 is 1.00 bits per heavy atom. The minimum absolute atomic E-state index is 0.0904. The van der Waals surface area contributed by atoms with Crippen LogP contribution in [0.25, 0.3) is 0 Å². The monoisotopic (exact) mass is 375 g/mol. The number of nitrogens with zero attached hydrogens (tertiary/aromatic N) is 1. The molecule has 0 saturated heterocycles. The molecule has 5 nitrogen and oxygen atoms in total. The lowest BCUT2D eigenvalue weighted by Gasteiger charge is -2.07. The van der Waals surface area contributed by atoms with Crippen molar-refractivity contribution >= 4 is 27.7 Å². The van der Waals surface area contributed by atoms with Crippen LogP contribution in [0.3, 0.4) is 0 Å². The number of halogens is 1. The summed E-state index contributed by atoms with van der Waals surface area (Å²) in [6.07, 6.45) is 3.96. The first kappa shape index (κ1) is 17.1. The molecule has 23 heavy (non-hydrogen) atoms. The molecule has 0 saturated carbocycles. The highest BCUT2D eigenvalue weighted by molar-refractivity contribution is 9.10. The number of pyridine rings is 1. The Kier molecular flexibility index (Phi) is 6.75. The average Bonchev–Trinajstić information content (AvgIpc) is 2.56. The van der Waals surface area contributed by atoms with Crippen LogP contribution in [0.5, 0.6) is 0 Å². The molecule has 2 amide bonds. The van der Waals surface area contributed by atoms with E-state index in [0.29, 0.717) is 19.5 Å². The Bertz CT molecular complexity index is 645. The SMILES string of the molecule is O=C(CCNC(=O)Cc1ccc(Br)cc1)NCc1cccnc1. The summed E-state index contributed by atoms with van der Waals surface area (Å²) in [5.74, 6) is -0.190. The van der Waals surface area contributed by atoms with Crippen molar-refractivity contribution in [3.8, 4) is 0 Å². The second kappa shape index (κ2) is 9.05. The number of carbonyl (C=O) groups is 2. The maximum absolute atomic E-state index is 11.8. The molecule has 0 bridgehead atoms. The van der Waals surface area contributed by atoms with E-state index in [0.717, 1.165) is 15.6 Å². The van der Waals surface area contributed by atoms with Crippen LogP contribution in [0.15, 0.2) is 53.3 Å². The van der Waals surface area contributed by atoms with Crippen molar-refractivity contribution in [2.24, 2.45) is 0 Å². The molecule has 0 aliphatic rings. The first-order valence-corrected chi connectivity index (χ1v) is 8.09. The van der Waals surface area contributed by atoms with Crippen LogP contribution in [0.4, 0.5) is 0 Å². The second-order valence-electron chi connectivity index (χ2n) is 5.04. The molecular formula is C17H18BrN3O2. The maximum atomic E-state index is 11.8. The van der Waals surface area contributed by atoms with Crippen molar-refractivity contribution in [2.45, 2.75) is 19.4 Å². The van der Waals surface area contributed by atoms with E-state index < -0.39 is 0 Å². The lowest BCUT2D eigenvalue weighted by atomic mass is 10.1. The molecule has 0 radical (unpaired) electrons. The molecule has 1 heterocycles. The molecule has 6 heteroatoms. The van der Waals surface area contributed by atoms with Crippen molar-refractivity contribution < 1.29 is 9.59 Å². The predicted octanol–water partition coefficient (Wildman–Crippen LogP) is 2.21. The summed E-state index contributed by atoms with van der Waals surface area (Å²) >= 11 is 3.35.